The van der Waals surface area contributed by atoms with Crippen molar-refractivity contribution < 1.29 is 0 Å². The van der Waals surface area contributed by atoms with Crippen molar-refractivity contribution in [2.75, 3.05) is 0 Å². The molecule has 0 fully saturated rings. The van der Waals surface area contributed by atoms with Crippen molar-refractivity contribution in [1.29, 1.82) is 0 Å². The first-order valence-corrected chi connectivity index (χ1v) is 43.3. The Hall–Kier alpha value is -14.0. The van der Waals surface area contributed by atoms with Gasteiger partial charge < -0.3 is 0 Å². The molecule has 0 atom stereocenters. The number of rotatable bonds is 11. The smallest absolute Gasteiger partial charge is 0.0616 e. The van der Waals surface area contributed by atoms with Gasteiger partial charge in [-0.15, -0.1) is 0 Å². The summed E-state index contributed by atoms with van der Waals surface area (Å²) in [6.07, 6.45) is 0. The van der Waals surface area contributed by atoms with Crippen molar-refractivity contribution in [3.05, 3.63) is 452 Å². The lowest BCUT2D eigenvalue weighted by atomic mass is 9.70. The third-order valence-electron chi connectivity index (χ3n) is 27.0. The van der Waals surface area contributed by atoms with Gasteiger partial charge in [-0.3, -0.25) is 0 Å². The van der Waals surface area contributed by atoms with E-state index < -0.39 is 0 Å². The van der Waals surface area contributed by atoms with Crippen LogP contribution < -0.4 is 0 Å². The maximum absolute atomic E-state index is 2.46. The highest BCUT2D eigenvalue weighted by Crippen LogP contribution is 2.59. The van der Waals surface area contributed by atoms with Gasteiger partial charge in [-0.25, -0.2) is 0 Å². The molecule has 0 nitrogen and oxygen atoms in total. The van der Waals surface area contributed by atoms with Crippen molar-refractivity contribution in [2.45, 2.75) is 83.1 Å². The summed E-state index contributed by atoms with van der Waals surface area (Å²) in [7, 11) is 0. The van der Waals surface area contributed by atoms with Crippen LogP contribution in [-0.2, 0) is 0 Å². The first kappa shape index (κ1) is 74.3. The molecule has 22 rings (SSSR count). The van der Waals surface area contributed by atoms with Gasteiger partial charge >= 0.3 is 0 Å². The fraction of sp³-hybridized carbons (Fsp3) is 0.0984. The van der Waals surface area contributed by atoms with Crippen molar-refractivity contribution in [1.82, 2.24) is 0 Å². The molecule has 0 saturated carbocycles. The number of hydrogen-bond acceptors (Lipinski definition) is 0. The van der Waals surface area contributed by atoms with Crippen LogP contribution in [0.25, 0.3) is 185 Å². The Balaban J connectivity index is 0.904. The van der Waals surface area contributed by atoms with E-state index in [2.05, 4.69) is 423 Å². The van der Waals surface area contributed by atoms with E-state index in [1.807, 2.05) is 0 Å². The Bertz CT molecular complexity index is 7000. The average Bonchev–Trinajstić information content (AvgIpc) is 0.692. The third-order valence-corrected chi connectivity index (χ3v) is 27.0. The zero-order valence-corrected chi connectivity index (χ0v) is 71.3. The maximum atomic E-state index is 2.46. The molecule has 580 valence electrons. The molecule has 2 radical (unpaired) electrons. The highest BCUT2D eigenvalue weighted by Gasteiger charge is 2.38. The van der Waals surface area contributed by atoms with E-state index in [-0.39, 0.29) is 0 Å². The summed E-state index contributed by atoms with van der Waals surface area (Å²) in [4.78, 5) is 0. The van der Waals surface area contributed by atoms with E-state index in [1.165, 1.54) is 297 Å². The van der Waals surface area contributed by atoms with E-state index >= 15 is 0 Å². The topological polar surface area (TPSA) is 0 Å². The zero-order valence-electron chi connectivity index (χ0n) is 71.3. The Kier molecular flexibility index (Phi) is 17.6. The van der Waals surface area contributed by atoms with Crippen LogP contribution in [-0.4, -0.2) is 0 Å². The van der Waals surface area contributed by atoms with Gasteiger partial charge in [0.1, 0.15) is 0 Å². The summed E-state index contributed by atoms with van der Waals surface area (Å²) < 4.78 is 0. The summed E-state index contributed by atoms with van der Waals surface area (Å²) in [5.74, 6) is 2.41. The molecule has 0 spiro atoms. The minimum absolute atomic E-state index is 1.18. The number of aryl methyl sites for hydroxylation is 12. The van der Waals surface area contributed by atoms with Gasteiger partial charge in [-0.2, -0.15) is 0 Å². The van der Waals surface area contributed by atoms with Gasteiger partial charge in [0.05, 0.1) is 11.8 Å². The molecule has 0 N–H and O–H groups in total. The standard InChI is InChI=1S/C122H92/c1-69-61-73(5)105(74(6)62-69)109-81-37-13-25-49-93(81)115(94-50-26-14-38-82(94)109)121(116-95-51-27-15-39-83(95)110(84-40-16-28-52-96(84)116)106-75(7)63-70(2)64-76(106)8)119-101-57-33-21-45-89(101)113(90-46-22-34-58-102(90)119)114-91-47-23-35-59-103(91)120(104-60-36-24-48-92(104)114)122(117-97-53-29-17-41-85(97)111(86-42-18-30-54-98(86)117)107-77(9)65-71(3)66-78(107)10)118-99-55-31-19-43-87(99)112(88-44-20-32-56-100(88)118)108-79(11)67-72(4)68-80(108)12/h13-68H,1-12H3. The Labute approximate surface area is 714 Å². The number of hydrogen-bond donors (Lipinski definition) is 0. The maximum Gasteiger partial charge on any atom is 0.0667 e. The lowest BCUT2D eigenvalue weighted by molar-refractivity contribution is 1.32. The second-order valence-corrected chi connectivity index (χ2v) is 34.9. The Morgan fingerprint density at radius 1 is 0.115 bits per heavy atom. The van der Waals surface area contributed by atoms with Crippen molar-refractivity contribution >= 4 is 129 Å². The van der Waals surface area contributed by atoms with E-state index in [4.69, 9.17) is 0 Å². The van der Waals surface area contributed by atoms with Crippen LogP contribution >= 0.6 is 0 Å². The molecule has 0 saturated heterocycles. The van der Waals surface area contributed by atoms with Crippen LogP contribution in [0.5, 0.6) is 0 Å². The number of benzene rings is 22. The first-order valence-electron chi connectivity index (χ1n) is 43.3. The zero-order chi connectivity index (χ0) is 82.8. The Morgan fingerprint density at radius 3 is 0.311 bits per heavy atom. The minimum Gasteiger partial charge on any atom is -0.0616 e. The fourth-order valence-corrected chi connectivity index (χ4v) is 23.0. The van der Waals surface area contributed by atoms with Crippen LogP contribution in [0.3, 0.4) is 0 Å². The molecule has 0 aliphatic rings. The van der Waals surface area contributed by atoms with Gasteiger partial charge in [0.2, 0.25) is 0 Å². The van der Waals surface area contributed by atoms with E-state index in [0.717, 1.165) is 0 Å². The summed E-state index contributed by atoms with van der Waals surface area (Å²) in [5.41, 5.74) is 35.2. The van der Waals surface area contributed by atoms with Gasteiger partial charge in [0, 0.05) is 0 Å². The molecule has 0 heterocycles. The predicted octanol–water partition coefficient (Wildman–Crippen LogP) is 33.6. The SMILES string of the molecule is Cc1cc(C)c(-c2c3ccccc3c([C](c3c4ccccc4c(-c4c(C)cc(C)cc4C)c4ccccc34)c3c4ccccc4c(-c4c5ccccc5c([C](c5c6ccccc6c(-c6c(C)cc(C)cc6C)c6ccccc56)c5c6ccccc6c(-c6c(C)cc(C)cc6C)c6ccccc56)c5ccccc45)c4ccccc34)c3ccccc23)c(C)c1. The van der Waals surface area contributed by atoms with Gasteiger partial charge in [0.25, 0.3) is 0 Å². The van der Waals surface area contributed by atoms with Gasteiger partial charge in [0.15, 0.2) is 0 Å². The minimum atomic E-state index is 1.18. The second kappa shape index (κ2) is 28.9. The average molecular weight is 1560 g/mol. The summed E-state index contributed by atoms with van der Waals surface area (Å²) in [6, 6.07) is 132. The molecule has 122 heavy (non-hydrogen) atoms. The molecule has 0 amide bonds. The largest absolute Gasteiger partial charge is 0.0667 e. The molecule has 22 aromatic rings. The molecule has 0 aromatic heterocycles. The second-order valence-electron chi connectivity index (χ2n) is 34.9. The number of fused-ring (bicyclic) bond motifs is 12. The lowest BCUT2D eigenvalue weighted by Crippen LogP contribution is -2.12. The molecular formula is C122H92. The monoisotopic (exact) mass is 1560 g/mol. The van der Waals surface area contributed by atoms with Crippen LogP contribution in [0, 0.1) is 94.9 Å². The van der Waals surface area contributed by atoms with Crippen molar-refractivity contribution in [3.8, 4) is 55.6 Å². The molecule has 0 aliphatic heterocycles. The molecule has 0 unspecified atom stereocenters. The lowest BCUT2D eigenvalue weighted by Gasteiger charge is -2.31. The van der Waals surface area contributed by atoms with E-state index in [9.17, 15) is 0 Å². The van der Waals surface area contributed by atoms with Crippen LogP contribution in [0.4, 0.5) is 0 Å². The fourth-order valence-electron chi connectivity index (χ4n) is 23.0. The summed E-state index contributed by atoms with van der Waals surface area (Å²) in [6.45, 7) is 27.4. The highest BCUT2D eigenvalue weighted by atomic mass is 14.4. The van der Waals surface area contributed by atoms with Crippen LogP contribution in [0.15, 0.2) is 340 Å². The van der Waals surface area contributed by atoms with Crippen LogP contribution in [0.1, 0.15) is 100 Å². The normalized spacial score (nSPS) is 12.1. The van der Waals surface area contributed by atoms with Gasteiger partial charge in [-0.1, -0.05) is 362 Å². The third kappa shape index (κ3) is 11.3. The van der Waals surface area contributed by atoms with Crippen LogP contribution in [0.2, 0.25) is 0 Å². The molecule has 22 aromatic carbocycles. The molecular weight excluding hydrogens is 1470 g/mol. The molecule has 0 heteroatoms. The predicted molar refractivity (Wildman–Crippen MR) is 527 cm³/mol. The molecule has 0 aliphatic carbocycles. The molecule has 0 bridgehead atoms. The van der Waals surface area contributed by atoms with E-state index in [1.54, 1.807) is 0 Å². The summed E-state index contributed by atoms with van der Waals surface area (Å²) in [5, 5.41) is 28.9. The first-order chi connectivity index (χ1) is 59.6. The quantitative estimate of drug-likeness (QED) is 0.0894. The van der Waals surface area contributed by atoms with E-state index in [0.29, 0.717) is 0 Å². The summed E-state index contributed by atoms with van der Waals surface area (Å²) >= 11 is 0. The Morgan fingerprint density at radius 2 is 0.205 bits per heavy atom. The van der Waals surface area contributed by atoms with Crippen molar-refractivity contribution in [2.24, 2.45) is 0 Å². The van der Waals surface area contributed by atoms with Gasteiger partial charge in [-0.05, 0) is 346 Å². The highest BCUT2D eigenvalue weighted by molar-refractivity contribution is 6.31. The van der Waals surface area contributed by atoms with Crippen molar-refractivity contribution in [3.63, 3.8) is 0 Å².